The highest BCUT2D eigenvalue weighted by molar-refractivity contribution is 7.17. The van der Waals surface area contributed by atoms with Crippen LogP contribution >= 0.6 is 11.3 Å². The number of hydrogen-bond donors (Lipinski definition) is 0. The Morgan fingerprint density at radius 2 is 2.11 bits per heavy atom. The molecule has 0 saturated carbocycles. The van der Waals surface area contributed by atoms with Gasteiger partial charge in [0.15, 0.2) is 5.78 Å². The van der Waals surface area contributed by atoms with Crippen molar-refractivity contribution in [1.82, 2.24) is 4.90 Å². The van der Waals surface area contributed by atoms with Gasteiger partial charge in [-0.1, -0.05) is 0 Å². The maximum Gasteiger partial charge on any atom is 0.164 e. The fourth-order valence-corrected chi connectivity index (χ4v) is 3.14. The molecule has 0 N–H and O–H groups in total. The molecule has 0 radical (unpaired) electrons. The van der Waals surface area contributed by atoms with Crippen molar-refractivity contribution in [2.24, 2.45) is 0 Å². The lowest BCUT2D eigenvalue weighted by Crippen LogP contribution is -2.37. The van der Waals surface area contributed by atoms with E-state index in [9.17, 15) is 4.79 Å². The maximum atomic E-state index is 12.2. The van der Waals surface area contributed by atoms with Crippen molar-refractivity contribution >= 4 is 27.2 Å². The van der Waals surface area contributed by atoms with Gasteiger partial charge in [-0.3, -0.25) is 9.69 Å². The van der Waals surface area contributed by atoms with Crippen LogP contribution in [0.5, 0.6) is 0 Å². The number of ether oxygens (including phenoxy) is 1. The first-order valence-electron chi connectivity index (χ1n) is 6.63. The highest BCUT2D eigenvalue weighted by atomic mass is 32.1. The molecular formula is C15H17NO2S. The number of carbonyl (C=O) groups is 1. The van der Waals surface area contributed by atoms with E-state index >= 15 is 0 Å². The number of nitrogens with zero attached hydrogens (tertiary/aromatic N) is 1. The van der Waals surface area contributed by atoms with E-state index in [1.807, 2.05) is 18.2 Å². The zero-order valence-corrected chi connectivity index (χ0v) is 11.6. The van der Waals surface area contributed by atoms with E-state index in [-0.39, 0.29) is 5.78 Å². The lowest BCUT2D eigenvalue weighted by Gasteiger charge is -2.26. The van der Waals surface area contributed by atoms with E-state index in [4.69, 9.17) is 4.74 Å². The molecular weight excluding hydrogens is 258 g/mol. The average molecular weight is 275 g/mol. The van der Waals surface area contributed by atoms with Crippen LogP contribution in [0.1, 0.15) is 16.8 Å². The second-order valence-electron chi connectivity index (χ2n) is 4.80. The molecule has 3 rings (SSSR count). The Morgan fingerprint density at radius 1 is 1.26 bits per heavy atom. The van der Waals surface area contributed by atoms with Crippen molar-refractivity contribution in [1.29, 1.82) is 0 Å². The van der Waals surface area contributed by atoms with Gasteiger partial charge in [-0.25, -0.2) is 0 Å². The molecule has 0 atom stereocenters. The fourth-order valence-electron chi connectivity index (χ4n) is 2.37. The summed E-state index contributed by atoms with van der Waals surface area (Å²) >= 11 is 1.71. The zero-order chi connectivity index (χ0) is 13.1. The molecule has 100 valence electrons. The number of Topliss-reactive ketones (excluding diaryl/α,β-unsaturated/α-hetero) is 1. The largest absolute Gasteiger partial charge is 0.379 e. The van der Waals surface area contributed by atoms with Crippen LogP contribution < -0.4 is 0 Å². The quantitative estimate of drug-likeness (QED) is 0.804. The molecule has 1 aromatic heterocycles. The van der Waals surface area contributed by atoms with Crippen LogP contribution in [-0.2, 0) is 4.74 Å². The van der Waals surface area contributed by atoms with Crippen LogP contribution in [0.25, 0.3) is 10.1 Å². The third-order valence-corrected chi connectivity index (χ3v) is 4.43. The topological polar surface area (TPSA) is 29.5 Å². The zero-order valence-electron chi connectivity index (χ0n) is 10.8. The summed E-state index contributed by atoms with van der Waals surface area (Å²) < 4.78 is 6.55. The molecule has 0 bridgehead atoms. The fraction of sp³-hybridized carbons (Fsp3) is 0.400. The third kappa shape index (κ3) is 3.03. The summed E-state index contributed by atoms with van der Waals surface area (Å²) in [5.41, 5.74) is 0.833. The van der Waals surface area contributed by atoms with Crippen LogP contribution in [0.15, 0.2) is 29.6 Å². The lowest BCUT2D eigenvalue weighted by atomic mass is 10.1. The molecule has 1 fully saturated rings. The summed E-state index contributed by atoms with van der Waals surface area (Å²) in [4.78, 5) is 14.5. The number of morpholine rings is 1. The number of benzene rings is 1. The Hall–Kier alpha value is -1.23. The molecule has 4 heteroatoms. The van der Waals surface area contributed by atoms with Gasteiger partial charge in [-0.05, 0) is 35.0 Å². The van der Waals surface area contributed by atoms with Crippen molar-refractivity contribution in [2.75, 3.05) is 32.8 Å². The molecule has 1 aliphatic rings. The highest BCUT2D eigenvalue weighted by Gasteiger charge is 2.13. The SMILES string of the molecule is O=C(CCN1CCOCC1)c1ccc2sccc2c1. The Kier molecular flexibility index (Phi) is 3.92. The highest BCUT2D eigenvalue weighted by Crippen LogP contribution is 2.22. The van der Waals surface area contributed by atoms with Gasteiger partial charge in [0.1, 0.15) is 0 Å². The molecule has 1 saturated heterocycles. The molecule has 1 aromatic carbocycles. The van der Waals surface area contributed by atoms with Crippen molar-refractivity contribution in [3.8, 4) is 0 Å². The molecule has 19 heavy (non-hydrogen) atoms. The first kappa shape index (κ1) is 12.8. The number of ketones is 1. The molecule has 2 aromatic rings. The number of fused-ring (bicyclic) bond motifs is 1. The van der Waals surface area contributed by atoms with Crippen LogP contribution in [0.2, 0.25) is 0 Å². The smallest absolute Gasteiger partial charge is 0.164 e. The van der Waals surface area contributed by atoms with Gasteiger partial charge in [-0.15, -0.1) is 11.3 Å². The Labute approximate surface area is 116 Å². The minimum absolute atomic E-state index is 0.236. The average Bonchev–Trinajstić information content (AvgIpc) is 2.93. The molecule has 3 nitrogen and oxygen atoms in total. The maximum absolute atomic E-state index is 12.2. The summed E-state index contributed by atoms with van der Waals surface area (Å²) in [5, 5.41) is 3.23. The molecule has 0 amide bonds. The summed E-state index contributed by atoms with van der Waals surface area (Å²) in [7, 11) is 0. The van der Waals surface area contributed by atoms with Crippen LogP contribution in [0.4, 0.5) is 0 Å². The van der Waals surface area contributed by atoms with Crippen molar-refractivity contribution in [3.63, 3.8) is 0 Å². The van der Waals surface area contributed by atoms with E-state index in [1.165, 1.54) is 10.1 Å². The normalized spacial score (nSPS) is 16.8. The Balaban J connectivity index is 1.62. The molecule has 0 unspecified atom stereocenters. The summed E-state index contributed by atoms with van der Waals surface area (Å²) in [5.74, 6) is 0.236. The molecule has 2 heterocycles. The molecule has 1 aliphatic heterocycles. The van der Waals surface area contributed by atoms with E-state index in [1.54, 1.807) is 11.3 Å². The predicted molar refractivity (Wildman–Crippen MR) is 78.0 cm³/mol. The standard InChI is InChI=1S/C15H17NO2S/c17-14(3-5-16-6-8-18-9-7-16)12-1-2-15-13(11-12)4-10-19-15/h1-2,4,10-11H,3,5-9H2. The minimum atomic E-state index is 0.236. The van der Waals surface area contributed by atoms with E-state index < -0.39 is 0 Å². The van der Waals surface area contributed by atoms with E-state index in [0.717, 1.165) is 38.4 Å². The summed E-state index contributed by atoms with van der Waals surface area (Å²) in [6.45, 7) is 4.29. The van der Waals surface area contributed by atoms with Gasteiger partial charge in [-0.2, -0.15) is 0 Å². The van der Waals surface area contributed by atoms with Crippen LogP contribution in [-0.4, -0.2) is 43.5 Å². The van der Waals surface area contributed by atoms with Crippen LogP contribution in [0.3, 0.4) is 0 Å². The van der Waals surface area contributed by atoms with Gasteiger partial charge in [0, 0.05) is 36.3 Å². The molecule has 0 aliphatic carbocycles. The third-order valence-electron chi connectivity index (χ3n) is 3.53. The van der Waals surface area contributed by atoms with Crippen molar-refractivity contribution in [2.45, 2.75) is 6.42 Å². The van der Waals surface area contributed by atoms with Gasteiger partial charge in [0.2, 0.25) is 0 Å². The number of hydrogen-bond acceptors (Lipinski definition) is 4. The lowest BCUT2D eigenvalue weighted by molar-refractivity contribution is 0.0370. The monoisotopic (exact) mass is 275 g/mol. The van der Waals surface area contributed by atoms with Crippen molar-refractivity contribution < 1.29 is 9.53 Å². The van der Waals surface area contributed by atoms with Gasteiger partial charge >= 0.3 is 0 Å². The first-order chi connectivity index (χ1) is 9.33. The number of thiophene rings is 1. The number of carbonyl (C=O) groups excluding carboxylic acids is 1. The van der Waals surface area contributed by atoms with E-state index in [0.29, 0.717) is 6.42 Å². The predicted octanol–water partition coefficient (Wildman–Crippen LogP) is 2.81. The second kappa shape index (κ2) is 5.82. The van der Waals surface area contributed by atoms with Gasteiger partial charge in [0.25, 0.3) is 0 Å². The van der Waals surface area contributed by atoms with Crippen molar-refractivity contribution in [3.05, 3.63) is 35.2 Å². The number of rotatable bonds is 4. The summed E-state index contributed by atoms with van der Waals surface area (Å²) in [6, 6.07) is 8.06. The van der Waals surface area contributed by atoms with E-state index in [2.05, 4.69) is 16.3 Å². The Bertz CT molecular complexity index is 572. The first-order valence-corrected chi connectivity index (χ1v) is 7.51. The second-order valence-corrected chi connectivity index (χ2v) is 5.75. The summed E-state index contributed by atoms with van der Waals surface area (Å²) in [6.07, 6.45) is 0.593. The minimum Gasteiger partial charge on any atom is -0.379 e. The Morgan fingerprint density at radius 3 is 2.95 bits per heavy atom. The van der Waals surface area contributed by atoms with Crippen LogP contribution in [0, 0.1) is 0 Å². The molecule has 0 spiro atoms. The van der Waals surface area contributed by atoms with Gasteiger partial charge in [0.05, 0.1) is 13.2 Å². The van der Waals surface area contributed by atoms with Gasteiger partial charge < -0.3 is 4.74 Å².